The molecule has 2 heteroatoms. The average molecular weight is 169 g/mol. The second-order valence-electron chi connectivity index (χ2n) is 2.96. The molecule has 0 aromatic carbocycles. The van der Waals surface area contributed by atoms with Gasteiger partial charge in [-0.15, -0.1) is 11.8 Å². The highest BCUT2D eigenvalue weighted by molar-refractivity contribution is 5.00. The van der Waals surface area contributed by atoms with Crippen molar-refractivity contribution in [2.24, 2.45) is 5.73 Å². The molecule has 1 unspecified atom stereocenters. The molecule has 0 radical (unpaired) electrons. The number of hydrogen-bond acceptors (Lipinski definition) is 2. The Morgan fingerprint density at radius 1 is 1.33 bits per heavy atom. The summed E-state index contributed by atoms with van der Waals surface area (Å²) in [4.78, 5) is 0. The van der Waals surface area contributed by atoms with E-state index in [-0.39, 0.29) is 12.6 Å². The minimum absolute atomic E-state index is 0.0314. The Morgan fingerprint density at radius 2 is 2.08 bits per heavy atom. The lowest BCUT2D eigenvalue weighted by Crippen LogP contribution is -2.23. The first-order valence-corrected chi connectivity index (χ1v) is 4.63. The van der Waals surface area contributed by atoms with Gasteiger partial charge < -0.3 is 10.8 Å². The molecule has 0 aliphatic carbocycles. The standard InChI is InChI=1S/C10H19NO/c1-2-3-4-5-6-7-8-10(11)9-12/h10,12H,2-5,8-9,11H2,1H3. The molecular formula is C10H19NO. The van der Waals surface area contributed by atoms with E-state index >= 15 is 0 Å². The number of aliphatic hydroxyl groups is 1. The molecule has 0 aromatic heterocycles. The van der Waals surface area contributed by atoms with Crippen LogP contribution in [-0.2, 0) is 0 Å². The van der Waals surface area contributed by atoms with E-state index in [4.69, 9.17) is 10.8 Å². The second-order valence-corrected chi connectivity index (χ2v) is 2.96. The van der Waals surface area contributed by atoms with Crippen molar-refractivity contribution in [2.75, 3.05) is 6.61 Å². The fourth-order valence-corrected chi connectivity index (χ4v) is 0.820. The van der Waals surface area contributed by atoms with Crippen LogP contribution in [0, 0.1) is 11.8 Å². The van der Waals surface area contributed by atoms with Crippen LogP contribution in [0.2, 0.25) is 0 Å². The molecule has 0 saturated carbocycles. The third-order valence-electron chi connectivity index (χ3n) is 1.63. The van der Waals surface area contributed by atoms with Crippen LogP contribution in [0.15, 0.2) is 0 Å². The highest BCUT2D eigenvalue weighted by Gasteiger charge is 1.93. The van der Waals surface area contributed by atoms with Crippen LogP contribution in [-0.4, -0.2) is 17.8 Å². The molecule has 3 N–H and O–H groups in total. The molecule has 0 aromatic rings. The number of aliphatic hydroxyl groups excluding tert-OH is 1. The highest BCUT2D eigenvalue weighted by Crippen LogP contribution is 1.96. The zero-order chi connectivity index (χ0) is 9.23. The minimum Gasteiger partial charge on any atom is -0.395 e. The first kappa shape index (κ1) is 11.5. The van der Waals surface area contributed by atoms with Crippen molar-refractivity contribution in [3.8, 4) is 11.8 Å². The second kappa shape index (κ2) is 8.58. The summed E-state index contributed by atoms with van der Waals surface area (Å²) in [6, 6.07) is -0.163. The molecule has 0 heterocycles. The van der Waals surface area contributed by atoms with Crippen LogP contribution in [0.5, 0.6) is 0 Å². The van der Waals surface area contributed by atoms with Gasteiger partial charge in [-0.25, -0.2) is 0 Å². The summed E-state index contributed by atoms with van der Waals surface area (Å²) >= 11 is 0. The fraction of sp³-hybridized carbons (Fsp3) is 0.800. The van der Waals surface area contributed by atoms with Gasteiger partial charge in [-0.05, 0) is 6.42 Å². The predicted octanol–water partition coefficient (Wildman–Crippen LogP) is 1.28. The summed E-state index contributed by atoms with van der Waals surface area (Å²) in [7, 11) is 0. The Kier molecular flexibility index (Phi) is 8.20. The van der Waals surface area contributed by atoms with E-state index in [2.05, 4.69) is 18.8 Å². The van der Waals surface area contributed by atoms with Crippen molar-refractivity contribution in [1.29, 1.82) is 0 Å². The lowest BCUT2D eigenvalue weighted by atomic mass is 10.2. The van der Waals surface area contributed by atoms with E-state index in [9.17, 15) is 0 Å². The number of unbranched alkanes of at least 4 members (excludes halogenated alkanes) is 3. The zero-order valence-corrected chi connectivity index (χ0v) is 7.84. The molecule has 0 amide bonds. The van der Waals surface area contributed by atoms with Crippen LogP contribution >= 0.6 is 0 Å². The molecule has 12 heavy (non-hydrogen) atoms. The van der Waals surface area contributed by atoms with E-state index in [0.29, 0.717) is 6.42 Å². The van der Waals surface area contributed by atoms with Crippen molar-refractivity contribution in [3.05, 3.63) is 0 Å². The number of rotatable bonds is 5. The molecule has 0 aliphatic rings. The SMILES string of the molecule is CCCCCC#CCC(N)CO. The Morgan fingerprint density at radius 3 is 2.67 bits per heavy atom. The summed E-state index contributed by atoms with van der Waals surface area (Å²) in [5.74, 6) is 6.00. The molecule has 0 aliphatic heterocycles. The molecule has 0 spiro atoms. The van der Waals surface area contributed by atoms with Crippen molar-refractivity contribution < 1.29 is 5.11 Å². The predicted molar refractivity (Wildman–Crippen MR) is 51.6 cm³/mol. The van der Waals surface area contributed by atoms with Crippen molar-refractivity contribution in [3.63, 3.8) is 0 Å². The van der Waals surface area contributed by atoms with Gasteiger partial charge in [0.05, 0.1) is 6.61 Å². The van der Waals surface area contributed by atoms with Crippen LogP contribution in [0.1, 0.15) is 39.0 Å². The maximum Gasteiger partial charge on any atom is 0.0591 e. The van der Waals surface area contributed by atoms with Crippen LogP contribution in [0.25, 0.3) is 0 Å². The molecule has 0 bridgehead atoms. The average Bonchev–Trinajstić information content (AvgIpc) is 2.10. The van der Waals surface area contributed by atoms with Crippen LogP contribution in [0.4, 0.5) is 0 Å². The van der Waals surface area contributed by atoms with Gasteiger partial charge in [0.15, 0.2) is 0 Å². The lowest BCUT2D eigenvalue weighted by molar-refractivity contribution is 0.267. The van der Waals surface area contributed by atoms with Gasteiger partial charge in [-0.3, -0.25) is 0 Å². The maximum absolute atomic E-state index is 8.58. The maximum atomic E-state index is 8.58. The van der Waals surface area contributed by atoms with E-state index in [0.717, 1.165) is 6.42 Å². The summed E-state index contributed by atoms with van der Waals surface area (Å²) in [5.41, 5.74) is 5.46. The van der Waals surface area contributed by atoms with Crippen molar-refractivity contribution >= 4 is 0 Å². The smallest absolute Gasteiger partial charge is 0.0591 e. The third-order valence-corrected chi connectivity index (χ3v) is 1.63. The van der Waals surface area contributed by atoms with E-state index in [1.165, 1.54) is 19.3 Å². The van der Waals surface area contributed by atoms with Gasteiger partial charge in [0.2, 0.25) is 0 Å². The van der Waals surface area contributed by atoms with Gasteiger partial charge in [0, 0.05) is 18.9 Å². The first-order valence-electron chi connectivity index (χ1n) is 4.63. The van der Waals surface area contributed by atoms with Gasteiger partial charge in [0.25, 0.3) is 0 Å². The zero-order valence-electron chi connectivity index (χ0n) is 7.84. The quantitative estimate of drug-likeness (QED) is 0.481. The molecule has 2 nitrogen and oxygen atoms in total. The number of hydrogen-bond donors (Lipinski definition) is 2. The molecule has 0 fully saturated rings. The summed E-state index contributed by atoms with van der Waals surface area (Å²) in [6.07, 6.45) is 5.24. The minimum atomic E-state index is -0.163. The summed E-state index contributed by atoms with van der Waals surface area (Å²) in [5, 5.41) is 8.58. The van der Waals surface area contributed by atoms with Gasteiger partial charge >= 0.3 is 0 Å². The van der Waals surface area contributed by atoms with Crippen molar-refractivity contribution in [2.45, 2.75) is 45.1 Å². The molecule has 1 atom stereocenters. The Labute approximate surface area is 75.2 Å². The molecular weight excluding hydrogens is 150 g/mol. The topological polar surface area (TPSA) is 46.2 Å². The Hall–Kier alpha value is -0.520. The third kappa shape index (κ3) is 7.59. The highest BCUT2D eigenvalue weighted by atomic mass is 16.3. The fourth-order valence-electron chi connectivity index (χ4n) is 0.820. The van der Waals surface area contributed by atoms with Gasteiger partial charge in [0.1, 0.15) is 0 Å². The molecule has 70 valence electrons. The summed E-state index contributed by atoms with van der Waals surface area (Å²) < 4.78 is 0. The largest absolute Gasteiger partial charge is 0.395 e. The molecule has 0 saturated heterocycles. The Balaban J connectivity index is 3.22. The monoisotopic (exact) mass is 169 g/mol. The van der Waals surface area contributed by atoms with Crippen molar-refractivity contribution in [1.82, 2.24) is 0 Å². The summed E-state index contributed by atoms with van der Waals surface area (Å²) in [6.45, 7) is 2.21. The normalized spacial score (nSPS) is 11.9. The Bertz CT molecular complexity index is 146. The van der Waals surface area contributed by atoms with Crippen LogP contribution in [0.3, 0.4) is 0 Å². The van der Waals surface area contributed by atoms with E-state index in [1.807, 2.05) is 0 Å². The van der Waals surface area contributed by atoms with Crippen LogP contribution < -0.4 is 5.73 Å². The van der Waals surface area contributed by atoms with E-state index in [1.54, 1.807) is 0 Å². The van der Waals surface area contributed by atoms with Gasteiger partial charge in [-0.1, -0.05) is 19.8 Å². The first-order chi connectivity index (χ1) is 5.81. The van der Waals surface area contributed by atoms with Gasteiger partial charge in [-0.2, -0.15) is 0 Å². The molecule has 0 rings (SSSR count). The number of nitrogens with two attached hydrogens (primary N) is 1. The lowest BCUT2D eigenvalue weighted by Gasteiger charge is -1.99. The van der Waals surface area contributed by atoms with E-state index < -0.39 is 0 Å².